The molecule has 1 saturated carbocycles. The predicted molar refractivity (Wildman–Crippen MR) is 97.2 cm³/mol. The van der Waals surface area contributed by atoms with Crippen molar-refractivity contribution in [2.45, 2.75) is 51.7 Å². The molecule has 0 N–H and O–H groups in total. The lowest BCUT2D eigenvalue weighted by molar-refractivity contribution is -0.154. The van der Waals surface area contributed by atoms with Crippen LogP contribution in [-0.2, 0) is 16.6 Å². The fraction of sp³-hybridized carbons (Fsp3) is 0.526. The second kappa shape index (κ2) is 8.28. The number of aryl methyl sites for hydroxylation is 1. The van der Waals surface area contributed by atoms with Gasteiger partial charge in [0.1, 0.15) is 5.69 Å². The molecule has 0 spiro atoms. The Hall–Kier alpha value is -2.77. The first-order valence-electron chi connectivity index (χ1n) is 9.14. The molecule has 2 aromatic heterocycles. The normalized spacial score (nSPS) is 19.7. The topological polar surface area (TPSA) is 96.2 Å². The summed E-state index contributed by atoms with van der Waals surface area (Å²) in [5.41, 5.74) is 0.996. The van der Waals surface area contributed by atoms with E-state index in [4.69, 9.17) is 9.47 Å². The molecule has 2 atom stereocenters. The zero-order chi connectivity index (χ0) is 19.4. The van der Waals surface area contributed by atoms with E-state index in [1.807, 2.05) is 13.8 Å². The third-order valence-corrected chi connectivity index (χ3v) is 4.58. The number of nitrogens with zero attached hydrogens (tertiary/aromatic N) is 4. The molecule has 0 unspecified atom stereocenters. The van der Waals surface area contributed by atoms with Gasteiger partial charge in [-0.05, 0) is 39.5 Å². The van der Waals surface area contributed by atoms with Gasteiger partial charge in [0.15, 0.2) is 17.9 Å². The molecule has 0 saturated heterocycles. The number of hydrogen-bond acceptors (Lipinski definition) is 7. The van der Waals surface area contributed by atoms with E-state index in [1.54, 1.807) is 25.6 Å². The number of esters is 1. The van der Waals surface area contributed by atoms with E-state index < -0.39 is 0 Å². The fourth-order valence-electron chi connectivity index (χ4n) is 3.26. The van der Waals surface area contributed by atoms with Gasteiger partial charge in [-0.1, -0.05) is 0 Å². The minimum atomic E-state index is -0.150. The quantitative estimate of drug-likeness (QED) is 0.568. The zero-order valence-corrected chi connectivity index (χ0v) is 15.8. The van der Waals surface area contributed by atoms with Crippen molar-refractivity contribution in [3.05, 3.63) is 24.3 Å². The molecule has 3 rings (SSSR count). The minimum absolute atomic E-state index is 0.0677. The van der Waals surface area contributed by atoms with Crippen molar-refractivity contribution in [1.82, 2.24) is 19.7 Å². The second-order valence-electron chi connectivity index (χ2n) is 7.02. The van der Waals surface area contributed by atoms with Crippen LogP contribution in [0.1, 0.15) is 50.0 Å². The van der Waals surface area contributed by atoms with Crippen LogP contribution in [0, 0.1) is 5.92 Å². The van der Waals surface area contributed by atoms with E-state index in [0.717, 1.165) is 25.5 Å². The minimum Gasteiger partial charge on any atom is -0.487 e. The number of ether oxygens (including phenoxy) is 2. The summed E-state index contributed by atoms with van der Waals surface area (Å²) in [5.74, 6) is 0.678. The standard InChI is InChI=1S/C19H24N4O4/c1-12(2)26-19(25)13-5-4-6-14(7-13)27-15-8-20-18(21-9-15)16-10-22-23(3)17(16)11-24/h8-14H,4-7H2,1-3H3/t13-,14-/m0/s1. The Labute approximate surface area is 157 Å². The Balaban J connectivity index is 1.64. The van der Waals surface area contributed by atoms with Crippen LogP contribution in [0.3, 0.4) is 0 Å². The van der Waals surface area contributed by atoms with Crippen molar-refractivity contribution in [1.29, 1.82) is 0 Å². The lowest BCUT2D eigenvalue weighted by Gasteiger charge is -2.28. The Kier molecular flexibility index (Phi) is 5.83. The zero-order valence-electron chi connectivity index (χ0n) is 15.8. The number of carbonyl (C=O) groups excluding carboxylic acids is 2. The van der Waals surface area contributed by atoms with E-state index >= 15 is 0 Å². The van der Waals surface area contributed by atoms with Gasteiger partial charge >= 0.3 is 5.97 Å². The fourth-order valence-corrected chi connectivity index (χ4v) is 3.26. The van der Waals surface area contributed by atoms with E-state index in [1.165, 1.54) is 4.68 Å². The maximum absolute atomic E-state index is 12.1. The Morgan fingerprint density at radius 3 is 2.67 bits per heavy atom. The van der Waals surface area contributed by atoms with Gasteiger partial charge in [-0.25, -0.2) is 9.97 Å². The van der Waals surface area contributed by atoms with Crippen LogP contribution >= 0.6 is 0 Å². The van der Waals surface area contributed by atoms with Gasteiger partial charge in [0.2, 0.25) is 0 Å². The van der Waals surface area contributed by atoms with Crippen molar-refractivity contribution in [2.24, 2.45) is 13.0 Å². The monoisotopic (exact) mass is 372 g/mol. The number of hydrogen-bond donors (Lipinski definition) is 0. The van der Waals surface area contributed by atoms with E-state index in [2.05, 4.69) is 15.1 Å². The van der Waals surface area contributed by atoms with Crippen LogP contribution in [0.15, 0.2) is 18.6 Å². The van der Waals surface area contributed by atoms with Crippen molar-refractivity contribution in [3.63, 3.8) is 0 Å². The lowest BCUT2D eigenvalue weighted by Crippen LogP contribution is -2.31. The summed E-state index contributed by atoms with van der Waals surface area (Å²) < 4.78 is 12.8. The van der Waals surface area contributed by atoms with E-state index in [0.29, 0.717) is 29.3 Å². The first-order chi connectivity index (χ1) is 13.0. The molecule has 2 heterocycles. The van der Waals surface area contributed by atoms with Crippen molar-refractivity contribution >= 4 is 12.3 Å². The first-order valence-corrected chi connectivity index (χ1v) is 9.14. The highest BCUT2D eigenvalue weighted by atomic mass is 16.5. The Bertz CT molecular complexity index is 801. The number of aldehydes is 1. The summed E-state index contributed by atoms with van der Waals surface area (Å²) in [5, 5.41) is 4.06. The molecule has 8 nitrogen and oxygen atoms in total. The summed E-state index contributed by atoms with van der Waals surface area (Å²) in [6.45, 7) is 3.71. The number of carbonyl (C=O) groups is 2. The van der Waals surface area contributed by atoms with Gasteiger partial charge in [0.25, 0.3) is 0 Å². The average molecular weight is 372 g/mol. The van der Waals surface area contributed by atoms with E-state index in [9.17, 15) is 9.59 Å². The third-order valence-electron chi connectivity index (χ3n) is 4.58. The number of aromatic nitrogens is 4. The summed E-state index contributed by atoms with van der Waals surface area (Å²) in [6, 6.07) is 0. The van der Waals surface area contributed by atoms with Crippen LogP contribution in [-0.4, -0.2) is 44.2 Å². The van der Waals surface area contributed by atoms with Crippen LogP contribution in [0.2, 0.25) is 0 Å². The lowest BCUT2D eigenvalue weighted by atomic mass is 9.87. The van der Waals surface area contributed by atoms with Crippen LogP contribution in [0.4, 0.5) is 0 Å². The molecular weight excluding hydrogens is 348 g/mol. The SMILES string of the molecule is CC(C)OC(=O)[C@H]1CCC[C@H](Oc2cnc(-c3cnn(C)c3C=O)nc2)C1. The molecule has 0 amide bonds. The van der Waals surface area contributed by atoms with Gasteiger partial charge in [-0.15, -0.1) is 0 Å². The van der Waals surface area contributed by atoms with Crippen LogP contribution in [0.25, 0.3) is 11.4 Å². The molecule has 2 aromatic rings. The number of rotatable bonds is 6. The molecule has 1 aliphatic carbocycles. The molecule has 0 aromatic carbocycles. The summed E-state index contributed by atoms with van der Waals surface area (Å²) in [4.78, 5) is 31.9. The second-order valence-corrected chi connectivity index (χ2v) is 7.02. The smallest absolute Gasteiger partial charge is 0.309 e. The highest BCUT2D eigenvalue weighted by Gasteiger charge is 2.30. The largest absolute Gasteiger partial charge is 0.487 e. The summed E-state index contributed by atoms with van der Waals surface area (Å²) in [7, 11) is 1.69. The first kappa shape index (κ1) is 19.0. The van der Waals surface area contributed by atoms with Crippen LogP contribution < -0.4 is 4.74 Å². The summed E-state index contributed by atoms with van der Waals surface area (Å²) in [6.07, 6.45) is 8.54. The molecule has 1 fully saturated rings. The van der Waals surface area contributed by atoms with Gasteiger partial charge < -0.3 is 9.47 Å². The average Bonchev–Trinajstić information content (AvgIpc) is 3.02. The molecule has 0 radical (unpaired) electrons. The molecule has 0 aliphatic heterocycles. The predicted octanol–water partition coefficient (Wildman–Crippen LogP) is 2.58. The van der Waals surface area contributed by atoms with Gasteiger partial charge in [0, 0.05) is 7.05 Å². The summed E-state index contributed by atoms with van der Waals surface area (Å²) >= 11 is 0. The van der Waals surface area contributed by atoms with Crippen molar-refractivity contribution < 1.29 is 19.1 Å². The molecular formula is C19H24N4O4. The maximum Gasteiger partial charge on any atom is 0.309 e. The highest BCUT2D eigenvalue weighted by molar-refractivity contribution is 5.83. The molecule has 27 heavy (non-hydrogen) atoms. The molecule has 144 valence electrons. The molecule has 8 heteroatoms. The van der Waals surface area contributed by atoms with Gasteiger partial charge in [-0.3, -0.25) is 14.3 Å². The van der Waals surface area contributed by atoms with E-state index in [-0.39, 0.29) is 24.1 Å². The van der Waals surface area contributed by atoms with Crippen molar-refractivity contribution in [2.75, 3.05) is 0 Å². The maximum atomic E-state index is 12.1. The Morgan fingerprint density at radius 1 is 1.26 bits per heavy atom. The highest BCUT2D eigenvalue weighted by Crippen LogP contribution is 2.29. The van der Waals surface area contributed by atoms with Gasteiger partial charge in [-0.2, -0.15) is 5.10 Å². The molecule has 1 aliphatic rings. The molecule has 0 bridgehead atoms. The Morgan fingerprint density at radius 2 is 2.00 bits per heavy atom. The third kappa shape index (κ3) is 4.50. The van der Waals surface area contributed by atoms with Crippen molar-refractivity contribution in [3.8, 4) is 17.1 Å². The van der Waals surface area contributed by atoms with Crippen LogP contribution in [0.5, 0.6) is 5.75 Å². The van der Waals surface area contributed by atoms with Gasteiger partial charge in [0.05, 0.1) is 42.3 Å².